The van der Waals surface area contributed by atoms with E-state index in [1.165, 1.54) is 48.4 Å². The number of nitrogens with one attached hydrogen (secondary N) is 2. The fourth-order valence-electron chi connectivity index (χ4n) is 4.84. The third-order valence-electron chi connectivity index (χ3n) is 6.31. The Labute approximate surface area is 186 Å². The van der Waals surface area contributed by atoms with Gasteiger partial charge in [-0.25, -0.2) is 4.99 Å². The quantitative estimate of drug-likeness (QED) is 0.375. The summed E-state index contributed by atoms with van der Waals surface area (Å²) in [6.07, 6.45) is 6.53. The fourth-order valence-corrected chi connectivity index (χ4v) is 4.84. The van der Waals surface area contributed by atoms with Gasteiger partial charge in [0.2, 0.25) is 0 Å². The SMILES string of the molecule is CCNC(=NCc1cccc2ccccc12)NC1CC2CCCC(C1)N2C.I. The first kappa shape index (κ1) is 21.4. The van der Waals surface area contributed by atoms with Gasteiger partial charge >= 0.3 is 0 Å². The fraction of sp³-hybridized carbons (Fsp3) is 0.522. The van der Waals surface area contributed by atoms with Crippen LogP contribution >= 0.6 is 24.0 Å². The minimum Gasteiger partial charge on any atom is -0.357 e. The zero-order chi connectivity index (χ0) is 18.6. The van der Waals surface area contributed by atoms with Gasteiger partial charge in [0.05, 0.1) is 6.54 Å². The van der Waals surface area contributed by atoms with Gasteiger partial charge in [-0.15, -0.1) is 24.0 Å². The van der Waals surface area contributed by atoms with E-state index in [0.29, 0.717) is 12.6 Å². The van der Waals surface area contributed by atoms with Crippen LogP contribution in [0.2, 0.25) is 0 Å². The Kier molecular flexibility index (Phi) is 7.57. The second-order valence-corrected chi connectivity index (χ2v) is 8.05. The highest BCUT2D eigenvalue weighted by Gasteiger charge is 2.36. The summed E-state index contributed by atoms with van der Waals surface area (Å²) in [6.45, 7) is 3.73. The van der Waals surface area contributed by atoms with Crippen molar-refractivity contribution in [1.82, 2.24) is 15.5 Å². The topological polar surface area (TPSA) is 39.7 Å². The number of hydrogen-bond acceptors (Lipinski definition) is 2. The lowest BCUT2D eigenvalue weighted by atomic mass is 9.82. The molecule has 2 N–H and O–H groups in total. The minimum atomic E-state index is 0. The number of fused-ring (bicyclic) bond motifs is 3. The molecule has 2 aliphatic rings. The summed E-state index contributed by atoms with van der Waals surface area (Å²) >= 11 is 0. The van der Waals surface area contributed by atoms with E-state index in [0.717, 1.165) is 24.6 Å². The molecule has 0 amide bonds. The molecule has 4 nitrogen and oxygen atoms in total. The highest BCUT2D eigenvalue weighted by atomic mass is 127. The normalized spacial score (nSPS) is 25.2. The first-order valence-corrected chi connectivity index (χ1v) is 10.5. The van der Waals surface area contributed by atoms with Gasteiger partial charge in [0, 0.05) is 24.7 Å². The van der Waals surface area contributed by atoms with Gasteiger partial charge in [-0.2, -0.15) is 0 Å². The molecule has 0 aromatic heterocycles. The van der Waals surface area contributed by atoms with Crippen molar-refractivity contribution >= 4 is 40.7 Å². The van der Waals surface area contributed by atoms with Crippen LogP contribution in [-0.2, 0) is 6.54 Å². The smallest absolute Gasteiger partial charge is 0.191 e. The van der Waals surface area contributed by atoms with Gasteiger partial charge in [-0.1, -0.05) is 48.9 Å². The molecule has 2 aromatic carbocycles. The maximum Gasteiger partial charge on any atom is 0.191 e. The van der Waals surface area contributed by atoms with Crippen LogP contribution in [0.25, 0.3) is 10.8 Å². The molecule has 0 saturated carbocycles. The van der Waals surface area contributed by atoms with Gasteiger partial charge in [-0.05, 0) is 56.0 Å². The number of aliphatic imine (C=N–C) groups is 1. The molecule has 2 saturated heterocycles. The van der Waals surface area contributed by atoms with Gasteiger partial charge in [0.15, 0.2) is 5.96 Å². The van der Waals surface area contributed by atoms with Crippen LogP contribution in [0.1, 0.15) is 44.6 Å². The minimum absolute atomic E-state index is 0. The molecule has 0 radical (unpaired) electrons. The van der Waals surface area contributed by atoms with Crippen molar-refractivity contribution in [2.24, 2.45) is 4.99 Å². The Hall–Kier alpha value is -1.34. The molecule has 5 heteroatoms. The lowest BCUT2D eigenvalue weighted by Gasteiger charge is -2.47. The zero-order valence-electron chi connectivity index (χ0n) is 17.0. The summed E-state index contributed by atoms with van der Waals surface area (Å²) < 4.78 is 0. The Morgan fingerprint density at radius 1 is 1.07 bits per heavy atom. The molecule has 28 heavy (non-hydrogen) atoms. The van der Waals surface area contributed by atoms with E-state index in [1.807, 2.05) is 0 Å². The van der Waals surface area contributed by atoms with Crippen molar-refractivity contribution in [3.05, 3.63) is 48.0 Å². The van der Waals surface area contributed by atoms with Crippen LogP contribution in [0.3, 0.4) is 0 Å². The molecule has 4 rings (SSSR count). The van der Waals surface area contributed by atoms with E-state index in [1.54, 1.807) is 0 Å². The van der Waals surface area contributed by atoms with Crippen molar-refractivity contribution in [2.75, 3.05) is 13.6 Å². The Balaban J connectivity index is 0.00000225. The third-order valence-corrected chi connectivity index (χ3v) is 6.31. The molecular weight excluding hydrogens is 459 g/mol. The number of guanidine groups is 1. The molecule has 2 aliphatic heterocycles. The van der Waals surface area contributed by atoms with Crippen LogP contribution in [-0.4, -0.2) is 42.6 Å². The predicted octanol–water partition coefficient (Wildman–Crippen LogP) is 4.53. The Morgan fingerprint density at radius 3 is 2.54 bits per heavy atom. The number of piperidine rings is 2. The van der Waals surface area contributed by atoms with Crippen LogP contribution in [0, 0.1) is 0 Å². The summed E-state index contributed by atoms with van der Waals surface area (Å²) in [4.78, 5) is 7.53. The molecule has 2 bridgehead atoms. The first-order valence-electron chi connectivity index (χ1n) is 10.5. The van der Waals surface area contributed by atoms with Gasteiger partial charge in [0.1, 0.15) is 0 Å². The molecule has 2 unspecified atom stereocenters. The van der Waals surface area contributed by atoms with Gasteiger partial charge < -0.3 is 15.5 Å². The number of halogens is 1. The highest BCUT2D eigenvalue weighted by molar-refractivity contribution is 14.0. The van der Waals surface area contributed by atoms with Gasteiger partial charge in [-0.3, -0.25) is 0 Å². The van der Waals surface area contributed by atoms with E-state index in [-0.39, 0.29) is 24.0 Å². The average Bonchev–Trinajstić information content (AvgIpc) is 2.67. The number of nitrogens with zero attached hydrogens (tertiary/aromatic N) is 2. The van der Waals surface area contributed by atoms with E-state index < -0.39 is 0 Å². The van der Waals surface area contributed by atoms with Crippen molar-refractivity contribution in [3.63, 3.8) is 0 Å². The zero-order valence-corrected chi connectivity index (χ0v) is 19.4. The molecule has 152 valence electrons. The summed E-state index contributed by atoms with van der Waals surface area (Å²) in [6, 6.07) is 17.1. The average molecular weight is 492 g/mol. The van der Waals surface area contributed by atoms with Crippen molar-refractivity contribution in [3.8, 4) is 0 Å². The van der Waals surface area contributed by atoms with Gasteiger partial charge in [0.25, 0.3) is 0 Å². The van der Waals surface area contributed by atoms with Crippen LogP contribution in [0.5, 0.6) is 0 Å². The molecule has 2 aromatic rings. The standard InChI is InChI=1S/C23H32N4.HI/c1-3-24-23(26-19-14-20-11-7-12-21(15-19)27(20)2)25-16-18-10-6-9-17-8-4-5-13-22(17)18;/h4-6,8-10,13,19-21H,3,7,11-12,14-16H2,1-2H3,(H2,24,25,26);1H. The monoisotopic (exact) mass is 492 g/mol. The van der Waals surface area contributed by atoms with Crippen molar-refractivity contribution in [1.29, 1.82) is 0 Å². The lowest BCUT2D eigenvalue weighted by Crippen LogP contribution is -2.56. The Morgan fingerprint density at radius 2 is 1.79 bits per heavy atom. The summed E-state index contributed by atoms with van der Waals surface area (Å²) in [5, 5.41) is 9.77. The maximum absolute atomic E-state index is 4.92. The number of benzene rings is 2. The third kappa shape index (κ3) is 4.79. The summed E-state index contributed by atoms with van der Waals surface area (Å²) in [7, 11) is 2.31. The molecular formula is C23H33IN4. The van der Waals surface area contributed by atoms with Crippen molar-refractivity contribution < 1.29 is 0 Å². The molecule has 2 heterocycles. The lowest BCUT2D eigenvalue weighted by molar-refractivity contribution is 0.0526. The number of hydrogen-bond donors (Lipinski definition) is 2. The van der Waals surface area contributed by atoms with Crippen LogP contribution in [0.15, 0.2) is 47.5 Å². The van der Waals surface area contributed by atoms with E-state index in [9.17, 15) is 0 Å². The number of rotatable bonds is 4. The molecule has 2 atom stereocenters. The summed E-state index contributed by atoms with van der Waals surface area (Å²) in [5.41, 5.74) is 1.28. The van der Waals surface area contributed by atoms with Crippen LogP contribution in [0.4, 0.5) is 0 Å². The molecule has 2 fully saturated rings. The molecule has 0 spiro atoms. The maximum atomic E-state index is 4.92. The largest absolute Gasteiger partial charge is 0.357 e. The summed E-state index contributed by atoms with van der Waals surface area (Å²) in [5.74, 6) is 0.957. The Bertz CT molecular complexity index is 787. The van der Waals surface area contributed by atoms with E-state index in [2.05, 4.69) is 72.0 Å². The first-order chi connectivity index (χ1) is 13.2. The van der Waals surface area contributed by atoms with E-state index in [4.69, 9.17) is 4.99 Å². The molecule has 0 aliphatic carbocycles. The van der Waals surface area contributed by atoms with E-state index >= 15 is 0 Å². The van der Waals surface area contributed by atoms with Crippen molar-refractivity contribution in [2.45, 2.75) is 63.7 Å². The highest BCUT2D eigenvalue weighted by Crippen LogP contribution is 2.32. The second-order valence-electron chi connectivity index (χ2n) is 8.05. The second kappa shape index (κ2) is 9.92. The van der Waals surface area contributed by atoms with Crippen LogP contribution < -0.4 is 10.6 Å². The predicted molar refractivity (Wildman–Crippen MR) is 130 cm³/mol.